The fourth-order valence-electron chi connectivity index (χ4n) is 4.37. The average Bonchev–Trinajstić information content (AvgIpc) is 2.79. The highest BCUT2D eigenvalue weighted by Crippen LogP contribution is 2.39. The Morgan fingerprint density at radius 2 is 1.00 bits per heavy atom. The molecule has 0 saturated heterocycles. The summed E-state index contributed by atoms with van der Waals surface area (Å²) in [6.45, 7) is 25.0. The zero-order chi connectivity index (χ0) is 24.1. The topological polar surface area (TPSA) is 18.5 Å². The molecule has 1 aromatic carbocycles. The highest BCUT2D eigenvalue weighted by Gasteiger charge is 2.35. The molecule has 0 bridgehead atoms. The summed E-state index contributed by atoms with van der Waals surface area (Å²) in [4.78, 5) is 0. The predicted molar refractivity (Wildman–Crippen MR) is 150 cm³/mol. The smallest absolute Gasteiger partial charge is 0.250 e. The highest BCUT2D eigenvalue weighted by atomic mass is 28.4. The van der Waals surface area contributed by atoms with Gasteiger partial charge in [-0.1, -0.05) is 86.5 Å². The van der Waals surface area contributed by atoms with Crippen LogP contribution >= 0.6 is 0 Å². The van der Waals surface area contributed by atoms with Crippen molar-refractivity contribution in [3.8, 4) is 11.5 Å². The minimum absolute atomic E-state index is 0.171. The Kier molecular flexibility index (Phi) is 15.1. The van der Waals surface area contributed by atoms with Crippen LogP contribution in [0.5, 0.6) is 11.5 Å². The molecule has 0 radical (unpaired) electrons. The first-order valence-electron chi connectivity index (χ1n) is 13.2. The van der Waals surface area contributed by atoms with Gasteiger partial charge in [0, 0.05) is 8.80 Å². The maximum absolute atomic E-state index is 6.78. The lowest BCUT2D eigenvalue weighted by Gasteiger charge is -2.34. The van der Waals surface area contributed by atoms with Crippen LogP contribution in [0.25, 0.3) is 0 Å². The lowest BCUT2D eigenvalue weighted by Crippen LogP contribution is -2.41. The molecule has 0 amide bonds. The second kappa shape index (κ2) is 15.3. The molecule has 0 fully saturated rings. The summed E-state index contributed by atoms with van der Waals surface area (Å²) in [5.74, 6) is 2.04. The zero-order valence-electron chi connectivity index (χ0n) is 22.9. The normalized spacial score (nSPS) is 11.9. The van der Waals surface area contributed by atoms with Crippen molar-refractivity contribution < 1.29 is 8.85 Å². The Morgan fingerprint density at radius 1 is 0.613 bits per heavy atom. The molecular formula is C26H54O2Si3. The number of rotatable bonds is 13. The molecule has 0 unspecified atom stereocenters. The van der Waals surface area contributed by atoms with E-state index in [2.05, 4.69) is 88.3 Å². The lowest BCUT2D eigenvalue weighted by atomic mass is 10.1. The first kappa shape index (κ1) is 30.5. The largest absolute Gasteiger partial charge is 0.541 e. The standard InChI is InChI=1S/C20H38O2Si2.C6H16Si/c1-9-23(10-2,11-3)21-19-16-17(7)15-18(8)20(19)22-24(12-4,13-5)14-6;1-4-7(5-2)6-3/h15-16H,9-14H2,1-8H3;7H,4-6H2,1-3H3. The molecule has 31 heavy (non-hydrogen) atoms. The van der Waals surface area contributed by atoms with Crippen LogP contribution in [0.15, 0.2) is 12.1 Å². The molecular weight excluding hydrogens is 429 g/mol. The second-order valence-corrected chi connectivity index (χ2v) is 22.8. The van der Waals surface area contributed by atoms with Gasteiger partial charge in [-0.2, -0.15) is 0 Å². The van der Waals surface area contributed by atoms with Crippen LogP contribution in [0, 0.1) is 13.8 Å². The molecule has 0 aliphatic carbocycles. The number of aryl methyl sites for hydroxylation is 2. The third kappa shape index (κ3) is 9.09. The lowest BCUT2D eigenvalue weighted by molar-refractivity contribution is 0.465. The van der Waals surface area contributed by atoms with Crippen LogP contribution < -0.4 is 8.85 Å². The summed E-state index contributed by atoms with van der Waals surface area (Å²) in [7, 11) is -3.59. The van der Waals surface area contributed by atoms with Gasteiger partial charge in [0.25, 0.3) is 16.6 Å². The summed E-state index contributed by atoms with van der Waals surface area (Å²) in [6, 6.07) is 15.9. The SMILES string of the molecule is CC[SiH](CC)CC.CC[Si](CC)(CC)Oc1cc(C)cc(C)c1O[Si](CC)(CC)CC. The molecule has 1 rings (SSSR count). The summed E-state index contributed by atoms with van der Waals surface area (Å²) in [5.41, 5.74) is 2.49. The molecule has 0 saturated carbocycles. The van der Waals surface area contributed by atoms with Crippen molar-refractivity contribution >= 4 is 25.4 Å². The Balaban J connectivity index is 0.00000110. The Hall–Kier alpha value is -0.529. The van der Waals surface area contributed by atoms with Gasteiger partial charge in [-0.3, -0.25) is 0 Å². The molecule has 182 valence electrons. The monoisotopic (exact) mass is 482 g/mol. The summed E-state index contributed by atoms with van der Waals surface area (Å²) >= 11 is 0. The van der Waals surface area contributed by atoms with Gasteiger partial charge < -0.3 is 8.85 Å². The van der Waals surface area contributed by atoms with Crippen molar-refractivity contribution in [1.29, 1.82) is 0 Å². The van der Waals surface area contributed by atoms with Crippen LogP contribution in [-0.4, -0.2) is 25.4 Å². The van der Waals surface area contributed by atoms with Crippen LogP contribution in [-0.2, 0) is 0 Å². The first-order valence-corrected chi connectivity index (χ1v) is 20.7. The van der Waals surface area contributed by atoms with Crippen LogP contribution in [0.3, 0.4) is 0 Å². The summed E-state index contributed by atoms with van der Waals surface area (Å²) in [6.07, 6.45) is 0. The maximum atomic E-state index is 6.78. The fraction of sp³-hybridized carbons (Fsp3) is 0.769. The first-order chi connectivity index (χ1) is 14.7. The van der Waals surface area contributed by atoms with Crippen molar-refractivity contribution in [2.45, 2.75) is 131 Å². The molecule has 0 aliphatic rings. The van der Waals surface area contributed by atoms with E-state index in [1.54, 1.807) is 0 Å². The van der Waals surface area contributed by atoms with E-state index in [4.69, 9.17) is 8.85 Å². The minimum Gasteiger partial charge on any atom is -0.541 e. The van der Waals surface area contributed by atoms with E-state index < -0.39 is 16.6 Å². The van der Waals surface area contributed by atoms with Crippen molar-refractivity contribution in [3.05, 3.63) is 23.3 Å². The molecule has 0 aliphatic heterocycles. The Morgan fingerprint density at radius 3 is 1.32 bits per heavy atom. The van der Waals surface area contributed by atoms with E-state index in [9.17, 15) is 0 Å². The third-order valence-corrected chi connectivity index (χ3v) is 20.1. The molecule has 0 atom stereocenters. The summed E-state index contributed by atoms with van der Waals surface area (Å²) in [5, 5.41) is 0. The molecule has 0 N–H and O–H groups in total. The molecule has 1 aromatic rings. The zero-order valence-corrected chi connectivity index (χ0v) is 26.1. The van der Waals surface area contributed by atoms with Gasteiger partial charge in [-0.25, -0.2) is 0 Å². The van der Waals surface area contributed by atoms with Gasteiger partial charge in [0.1, 0.15) is 11.5 Å². The number of hydrogen-bond acceptors (Lipinski definition) is 2. The molecule has 0 heterocycles. The summed E-state index contributed by atoms with van der Waals surface area (Å²) < 4.78 is 13.5. The van der Waals surface area contributed by atoms with Crippen molar-refractivity contribution in [2.75, 3.05) is 0 Å². The Labute approximate surface area is 199 Å². The van der Waals surface area contributed by atoms with E-state index in [-0.39, 0.29) is 8.80 Å². The molecule has 2 nitrogen and oxygen atoms in total. The quantitative estimate of drug-likeness (QED) is 0.261. The van der Waals surface area contributed by atoms with Crippen LogP contribution in [0.2, 0.25) is 54.4 Å². The minimum atomic E-state index is -1.71. The van der Waals surface area contributed by atoms with Crippen molar-refractivity contribution in [3.63, 3.8) is 0 Å². The highest BCUT2D eigenvalue weighted by molar-refractivity contribution is 6.75. The predicted octanol–water partition coefficient (Wildman–Crippen LogP) is 9.34. The fourth-order valence-corrected chi connectivity index (χ4v) is 11.3. The molecule has 5 heteroatoms. The second-order valence-electron chi connectivity index (χ2n) is 9.19. The molecule has 0 aromatic heterocycles. The van der Waals surface area contributed by atoms with Gasteiger partial charge in [0.2, 0.25) is 0 Å². The van der Waals surface area contributed by atoms with E-state index in [1.807, 2.05) is 0 Å². The van der Waals surface area contributed by atoms with Gasteiger partial charge in [-0.15, -0.1) is 0 Å². The van der Waals surface area contributed by atoms with Crippen molar-refractivity contribution in [1.82, 2.24) is 0 Å². The van der Waals surface area contributed by atoms with Gasteiger partial charge in [0.05, 0.1) is 0 Å². The van der Waals surface area contributed by atoms with E-state index in [1.165, 1.54) is 29.3 Å². The number of benzene rings is 1. The van der Waals surface area contributed by atoms with Crippen molar-refractivity contribution in [2.24, 2.45) is 0 Å². The van der Waals surface area contributed by atoms with Gasteiger partial charge >= 0.3 is 0 Å². The van der Waals surface area contributed by atoms with Crippen LogP contribution in [0.1, 0.15) is 73.4 Å². The van der Waals surface area contributed by atoms with Gasteiger partial charge in [-0.05, 0) is 67.3 Å². The average molecular weight is 483 g/mol. The Bertz CT molecular complexity index is 585. The van der Waals surface area contributed by atoms with Crippen LogP contribution in [0.4, 0.5) is 0 Å². The van der Waals surface area contributed by atoms with Gasteiger partial charge in [0.15, 0.2) is 0 Å². The number of hydrogen-bond donors (Lipinski definition) is 0. The maximum Gasteiger partial charge on any atom is 0.250 e. The van der Waals surface area contributed by atoms with E-state index in [0.717, 1.165) is 47.8 Å². The third-order valence-electron chi connectivity index (χ3n) is 7.63. The molecule has 0 spiro atoms. The van der Waals surface area contributed by atoms with E-state index in [0.29, 0.717) is 0 Å². The van der Waals surface area contributed by atoms with E-state index >= 15 is 0 Å².